The quantitative estimate of drug-likeness (QED) is 0.537. The second-order valence-corrected chi connectivity index (χ2v) is 7.79. The number of nitrogens with two attached hydrogens (primary N) is 2. The van der Waals surface area contributed by atoms with E-state index in [4.69, 9.17) is 20.9 Å². The number of amides is 3. The monoisotopic (exact) mass is 431 g/mol. The van der Waals surface area contributed by atoms with Crippen molar-refractivity contribution in [2.45, 2.75) is 25.7 Å². The lowest BCUT2D eigenvalue weighted by atomic mass is 9.95. The molecule has 0 spiro atoms. The minimum atomic E-state index is -0.702. The van der Waals surface area contributed by atoms with Gasteiger partial charge in [0, 0.05) is 4.88 Å². The fourth-order valence-electron chi connectivity index (χ4n) is 3.13. The predicted molar refractivity (Wildman–Crippen MR) is 110 cm³/mol. The Labute approximate surface area is 176 Å². The zero-order valence-corrected chi connectivity index (χ0v) is 16.9. The van der Waals surface area contributed by atoms with Crippen molar-refractivity contribution in [2.24, 2.45) is 11.5 Å². The summed E-state index contributed by atoms with van der Waals surface area (Å²) in [5.74, 6) is -2.10. The van der Waals surface area contributed by atoms with Crippen LogP contribution in [0.3, 0.4) is 0 Å². The average Bonchev–Trinajstić information content (AvgIpc) is 3.08. The molecule has 0 saturated carbocycles. The number of thiophene rings is 1. The summed E-state index contributed by atoms with van der Waals surface area (Å²) >= 11 is 1.34. The first-order chi connectivity index (χ1) is 14.3. The molecule has 0 radical (unpaired) electrons. The van der Waals surface area contributed by atoms with Crippen molar-refractivity contribution in [2.75, 3.05) is 18.5 Å². The summed E-state index contributed by atoms with van der Waals surface area (Å²) in [5.41, 5.74) is 12.0. The van der Waals surface area contributed by atoms with Gasteiger partial charge < -0.3 is 26.3 Å². The normalized spacial score (nSPS) is 12.5. The molecule has 158 valence electrons. The van der Waals surface area contributed by atoms with Gasteiger partial charge in [0.1, 0.15) is 10.8 Å². The molecule has 0 saturated heterocycles. The Morgan fingerprint density at radius 3 is 2.37 bits per heavy atom. The van der Waals surface area contributed by atoms with Crippen LogP contribution in [0, 0.1) is 0 Å². The Hall–Kier alpha value is -3.40. The topological polar surface area (TPSA) is 151 Å². The number of primary amides is 2. The van der Waals surface area contributed by atoms with E-state index in [1.165, 1.54) is 35.6 Å². The highest BCUT2D eigenvalue weighted by Crippen LogP contribution is 2.37. The van der Waals surface area contributed by atoms with Crippen LogP contribution in [0.5, 0.6) is 5.75 Å². The van der Waals surface area contributed by atoms with Crippen LogP contribution in [0.1, 0.15) is 44.0 Å². The highest BCUT2D eigenvalue weighted by molar-refractivity contribution is 7.17. The molecule has 0 fully saturated rings. The van der Waals surface area contributed by atoms with Crippen molar-refractivity contribution in [1.82, 2.24) is 0 Å². The van der Waals surface area contributed by atoms with Crippen LogP contribution in [0.2, 0.25) is 0 Å². The lowest BCUT2D eigenvalue weighted by Crippen LogP contribution is -2.23. The third-order valence-corrected chi connectivity index (χ3v) is 5.68. The summed E-state index contributed by atoms with van der Waals surface area (Å²) in [6.45, 7) is -0.789. The zero-order chi connectivity index (χ0) is 21.7. The van der Waals surface area contributed by atoms with Gasteiger partial charge in [-0.2, -0.15) is 0 Å². The maximum absolute atomic E-state index is 12.2. The van der Waals surface area contributed by atoms with Gasteiger partial charge in [-0.1, -0.05) is 0 Å². The molecule has 5 N–H and O–H groups in total. The Kier molecular flexibility index (Phi) is 6.68. The van der Waals surface area contributed by atoms with Gasteiger partial charge in [-0.3, -0.25) is 14.4 Å². The number of carbonyl (C=O) groups excluding carboxylic acids is 4. The molecule has 1 aromatic carbocycles. The van der Waals surface area contributed by atoms with Crippen LogP contribution >= 0.6 is 11.3 Å². The first kappa shape index (κ1) is 21.3. The first-order valence-electron chi connectivity index (χ1n) is 9.27. The molecule has 1 aliphatic rings. The van der Waals surface area contributed by atoms with Crippen molar-refractivity contribution in [3.8, 4) is 5.75 Å². The zero-order valence-electron chi connectivity index (χ0n) is 16.1. The van der Waals surface area contributed by atoms with Crippen LogP contribution in [0.25, 0.3) is 0 Å². The molecule has 10 heteroatoms. The molecular formula is C20H21N3O6S. The van der Waals surface area contributed by atoms with Gasteiger partial charge in [0.15, 0.2) is 13.2 Å². The SMILES string of the molecule is NC(=O)COc1ccc(C(=O)OCC(=O)Nc2sc3c(c2C(N)=O)CCCC3)cc1. The smallest absolute Gasteiger partial charge is 0.338 e. The van der Waals surface area contributed by atoms with E-state index < -0.39 is 30.3 Å². The van der Waals surface area contributed by atoms with E-state index in [2.05, 4.69) is 5.32 Å². The van der Waals surface area contributed by atoms with Gasteiger partial charge in [0.2, 0.25) is 0 Å². The molecule has 1 aromatic heterocycles. The maximum atomic E-state index is 12.2. The van der Waals surface area contributed by atoms with Gasteiger partial charge in [-0.05, 0) is 55.5 Å². The third kappa shape index (κ3) is 5.15. The lowest BCUT2D eigenvalue weighted by Gasteiger charge is -2.11. The van der Waals surface area contributed by atoms with Gasteiger partial charge in [-0.25, -0.2) is 4.79 Å². The lowest BCUT2D eigenvalue weighted by molar-refractivity contribution is -0.120. The van der Waals surface area contributed by atoms with Crippen LogP contribution in [0.4, 0.5) is 5.00 Å². The average molecular weight is 431 g/mol. The molecule has 0 bridgehead atoms. The van der Waals surface area contributed by atoms with Crippen molar-refractivity contribution in [3.05, 3.63) is 45.8 Å². The van der Waals surface area contributed by atoms with E-state index in [9.17, 15) is 19.2 Å². The second-order valence-electron chi connectivity index (χ2n) is 6.68. The number of benzene rings is 1. The van der Waals surface area contributed by atoms with E-state index >= 15 is 0 Å². The first-order valence-corrected chi connectivity index (χ1v) is 10.1. The summed E-state index contributed by atoms with van der Waals surface area (Å²) in [7, 11) is 0. The summed E-state index contributed by atoms with van der Waals surface area (Å²) in [6.07, 6.45) is 3.61. The third-order valence-electron chi connectivity index (χ3n) is 4.48. The van der Waals surface area contributed by atoms with Crippen LogP contribution in [0.15, 0.2) is 24.3 Å². The van der Waals surface area contributed by atoms with Crippen molar-refractivity contribution >= 4 is 40.0 Å². The maximum Gasteiger partial charge on any atom is 0.338 e. The summed E-state index contributed by atoms with van der Waals surface area (Å²) in [5, 5.41) is 3.02. The number of hydrogen-bond donors (Lipinski definition) is 3. The molecule has 0 atom stereocenters. The summed E-state index contributed by atoms with van der Waals surface area (Å²) < 4.78 is 10.1. The van der Waals surface area contributed by atoms with Gasteiger partial charge in [-0.15, -0.1) is 11.3 Å². The standard InChI is InChI=1S/C20H21N3O6S/c21-15(24)9-28-12-7-5-11(6-8-12)20(27)29-10-16(25)23-19-17(18(22)26)13-3-1-2-4-14(13)30-19/h5-8H,1-4,9-10H2,(H2,21,24)(H2,22,26)(H,23,25). The molecule has 3 rings (SSSR count). The minimum Gasteiger partial charge on any atom is -0.484 e. The van der Waals surface area contributed by atoms with Crippen molar-refractivity contribution < 1.29 is 28.7 Å². The van der Waals surface area contributed by atoms with Gasteiger partial charge in [0.25, 0.3) is 17.7 Å². The molecule has 3 amide bonds. The van der Waals surface area contributed by atoms with Crippen LogP contribution in [-0.2, 0) is 27.2 Å². The summed E-state index contributed by atoms with van der Waals surface area (Å²) in [6, 6.07) is 5.84. The van der Waals surface area contributed by atoms with Crippen LogP contribution < -0.4 is 21.5 Å². The largest absolute Gasteiger partial charge is 0.484 e. The number of rotatable bonds is 8. The van der Waals surface area contributed by atoms with Gasteiger partial charge >= 0.3 is 5.97 Å². The highest BCUT2D eigenvalue weighted by atomic mass is 32.1. The van der Waals surface area contributed by atoms with Crippen molar-refractivity contribution in [1.29, 1.82) is 0 Å². The molecular weight excluding hydrogens is 410 g/mol. The van der Waals surface area contributed by atoms with Crippen LogP contribution in [-0.4, -0.2) is 36.9 Å². The van der Waals surface area contributed by atoms with E-state index in [-0.39, 0.29) is 12.2 Å². The minimum absolute atomic E-state index is 0.207. The molecule has 1 aliphatic carbocycles. The number of aryl methyl sites for hydroxylation is 1. The molecule has 1 heterocycles. The van der Waals surface area contributed by atoms with E-state index in [1.54, 1.807) is 0 Å². The van der Waals surface area contributed by atoms with E-state index in [0.29, 0.717) is 16.3 Å². The number of ether oxygens (including phenoxy) is 2. The molecule has 9 nitrogen and oxygen atoms in total. The fraction of sp³-hybridized carbons (Fsp3) is 0.300. The number of fused-ring (bicyclic) bond motifs is 1. The Balaban J connectivity index is 1.57. The van der Waals surface area contributed by atoms with Gasteiger partial charge in [0.05, 0.1) is 11.1 Å². The number of nitrogens with one attached hydrogen (secondary N) is 1. The molecule has 2 aromatic rings. The molecule has 0 unspecified atom stereocenters. The Morgan fingerprint density at radius 2 is 1.70 bits per heavy atom. The highest BCUT2D eigenvalue weighted by Gasteiger charge is 2.25. The summed E-state index contributed by atoms with van der Waals surface area (Å²) in [4.78, 5) is 48.0. The van der Waals surface area contributed by atoms with E-state index in [1.807, 2.05) is 0 Å². The molecule has 30 heavy (non-hydrogen) atoms. The Morgan fingerprint density at radius 1 is 1.00 bits per heavy atom. The second kappa shape index (κ2) is 9.40. The predicted octanol–water partition coefficient (Wildman–Crippen LogP) is 1.39. The number of hydrogen-bond acceptors (Lipinski definition) is 7. The number of carbonyl (C=O) groups is 4. The molecule has 0 aliphatic heterocycles. The number of anilines is 1. The Bertz CT molecular complexity index is 983. The number of esters is 1. The van der Waals surface area contributed by atoms with E-state index in [0.717, 1.165) is 36.1 Å². The van der Waals surface area contributed by atoms with Crippen molar-refractivity contribution in [3.63, 3.8) is 0 Å². The fourth-order valence-corrected chi connectivity index (χ4v) is 4.44.